The van der Waals surface area contributed by atoms with Gasteiger partial charge in [0.2, 0.25) is 0 Å². The van der Waals surface area contributed by atoms with E-state index in [0.717, 1.165) is 18.7 Å². The normalized spacial score (nSPS) is 11.6. The third-order valence-corrected chi connectivity index (χ3v) is 5.19. The molecule has 0 radical (unpaired) electrons. The summed E-state index contributed by atoms with van der Waals surface area (Å²) in [6.45, 7) is 3.64. The Hall–Kier alpha value is -2.18. The molecule has 3 rings (SSSR count). The van der Waals surface area contributed by atoms with Crippen molar-refractivity contribution in [1.29, 1.82) is 0 Å². The molecule has 0 atom stereocenters. The molecular formula is C22H24ClNO3S. The number of hydrogen-bond acceptors (Lipinski definition) is 3. The molecule has 6 heteroatoms. The van der Waals surface area contributed by atoms with Crippen LogP contribution in [0.3, 0.4) is 0 Å². The van der Waals surface area contributed by atoms with E-state index in [1.165, 1.54) is 28.5 Å². The number of aryl methyl sites for hydroxylation is 1. The molecule has 0 aromatic heterocycles. The van der Waals surface area contributed by atoms with Crippen LogP contribution in [-0.4, -0.2) is 31.5 Å². The van der Waals surface area contributed by atoms with Crippen LogP contribution in [0, 0.1) is 6.92 Å². The van der Waals surface area contributed by atoms with Gasteiger partial charge < -0.3 is 0 Å². The van der Waals surface area contributed by atoms with Gasteiger partial charge >= 0.3 is 0 Å². The maximum absolute atomic E-state index is 10.5. The monoisotopic (exact) mass is 417 g/mol. The van der Waals surface area contributed by atoms with Crippen LogP contribution in [0.15, 0.2) is 83.2 Å². The molecule has 0 unspecified atom stereocenters. The predicted octanol–water partition coefficient (Wildman–Crippen LogP) is 5.27. The van der Waals surface area contributed by atoms with Crippen LogP contribution in [0.2, 0.25) is 0 Å². The lowest BCUT2D eigenvalue weighted by Crippen LogP contribution is -2.17. The molecule has 0 aliphatic heterocycles. The Bertz CT molecular complexity index is 1030. The molecule has 28 heavy (non-hydrogen) atoms. The molecule has 0 spiro atoms. The first kappa shape index (κ1) is 22.1. The Kier molecular flexibility index (Phi) is 8.20. The lowest BCUT2D eigenvalue weighted by atomic mass is 10.0. The predicted molar refractivity (Wildman–Crippen MR) is 116 cm³/mol. The summed E-state index contributed by atoms with van der Waals surface area (Å²) in [7, 11) is -1.92. The first-order chi connectivity index (χ1) is 13.3. The van der Waals surface area contributed by atoms with E-state index in [4.69, 9.17) is 16.2 Å². The number of benzene rings is 3. The first-order valence-electron chi connectivity index (χ1n) is 8.76. The minimum absolute atomic E-state index is 0.0666. The van der Waals surface area contributed by atoms with E-state index in [1.54, 1.807) is 17.7 Å². The molecular weight excluding hydrogens is 394 g/mol. The molecule has 0 fully saturated rings. The van der Waals surface area contributed by atoms with Crippen molar-refractivity contribution in [3.05, 3.63) is 89.5 Å². The molecule has 0 bridgehead atoms. The number of nitrogens with zero attached hydrogens (tertiary/aromatic N) is 1. The van der Waals surface area contributed by atoms with Gasteiger partial charge in [-0.1, -0.05) is 77.8 Å². The number of fused-ring (bicyclic) bond motifs is 1. The number of hydrogen-bond donors (Lipinski definition) is 1. The molecule has 4 nitrogen and oxygen atoms in total. The van der Waals surface area contributed by atoms with Crippen molar-refractivity contribution in [2.45, 2.75) is 18.4 Å². The van der Waals surface area contributed by atoms with Crippen molar-refractivity contribution >= 4 is 32.5 Å². The zero-order valence-electron chi connectivity index (χ0n) is 15.9. The summed E-state index contributed by atoms with van der Waals surface area (Å²) >= 11 is 5.54. The van der Waals surface area contributed by atoms with Crippen molar-refractivity contribution in [1.82, 2.24) is 4.90 Å². The molecule has 148 valence electrons. The van der Waals surface area contributed by atoms with E-state index in [-0.39, 0.29) is 4.90 Å². The van der Waals surface area contributed by atoms with Gasteiger partial charge in [0.25, 0.3) is 10.1 Å². The summed E-state index contributed by atoms with van der Waals surface area (Å²) in [6.07, 6.45) is 1.95. The van der Waals surface area contributed by atoms with E-state index in [1.807, 2.05) is 13.0 Å². The highest BCUT2D eigenvalue weighted by Gasteiger charge is 2.06. The molecule has 0 heterocycles. The average molecular weight is 418 g/mol. The fraction of sp³-hybridized carbons (Fsp3) is 0.182. The van der Waals surface area contributed by atoms with Crippen molar-refractivity contribution in [3.8, 4) is 0 Å². The average Bonchev–Trinajstić information content (AvgIpc) is 2.67. The summed E-state index contributed by atoms with van der Waals surface area (Å²) in [5.74, 6) is 0. The van der Waals surface area contributed by atoms with Gasteiger partial charge in [-0.3, -0.25) is 9.45 Å². The molecule has 0 saturated carbocycles. The summed E-state index contributed by atoms with van der Waals surface area (Å²) in [6, 6.07) is 20.9. The summed E-state index contributed by atoms with van der Waals surface area (Å²) in [4.78, 5) is 2.17. The highest BCUT2D eigenvalue weighted by atomic mass is 35.5. The fourth-order valence-corrected chi connectivity index (χ4v) is 3.28. The first-order valence-corrected chi connectivity index (χ1v) is 10.6. The zero-order chi connectivity index (χ0) is 20.6. The molecule has 0 aliphatic carbocycles. The largest absolute Gasteiger partial charge is 0.298 e. The highest BCUT2D eigenvalue weighted by molar-refractivity contribution is 7.85. The molecule has 0 amide bonds. The third kappa shape index (κ3) is 6.77. The van der Waals surface area contributed by atoms with Gasteiger partial charge in [-0.2, -0.15) is 8.42 Å². The van der Waals surface area contributed by atoms with Gasteiger partial charge in [0.15, 0.2) is 0 Å². The van der Waals surface area contributed by atoms with Gasteiger partial charge in [0.1, 0.15) is 0 Å². The van der Waals surface area contributed by atoms with E-state index >= 15 is 0 Å². The highest BCUT2D eigenvalue weighted by Crippen LogP contribution is 2.19. The Morgan fingerprint density at radius 2 is 1.64 bits per heavy atom. The molecule has 0 saturated heterocycles. The Morgan fingerprint density at radius 3 is 2.29 bits per heavy atom. The topological polar surface area (TPSA) is 57.6 Å². The van der Waals surface area contributed by atoms with Crippen molar-refractivity contribution < 1.29 is 13.0 Å². The number of halogens is 1. The van der Waals surface area contributed by atoms with E-state index in [2.05, 4.69) is 54.4 Å². The Morgan fingerprint density at radius 1 is 1.00 bits per heavy atom. The summed E-state index contributed by atoms with van der Waals surface area (Å²) in [5.41, 5.74) is 3.88. The molecule has 1 N–H and O–H groups in total. The Labute approximate surface area is 171 Å². The maximum Gasteiger partial charge on any atom is 0.294 e. The van der Waals surface area contributed by atoms with E-state index in [0.29, 0.717) is 0 Å². The van der Waals surface area contributed by atoms with Crippen molar-refractivity contribution in [3.63, 3.8) is 0 Å². The van der Waals surface area contributed by atoms with Crippen LogP contribution >= 0.6 is 11.6 Å². The van der Waals surface area contributed by atoms with Crippen LogP contribution in [-0.2, 0) is 16.7 Å². The Balaban J connectivity index is 0.000000221. The molecule has 3 aromatic rings. The van der Waals surface area contributed by atoms with Crippen LogP contribution in [0.1, 0.15) is 11.1 Å². The lowest BCUT2D eigenvalue weighted by Gasteiger charge is -2.15. The standard InChI is InChI=1S/C15H16ClN.C7H8O3S/c1-17(11-5-10-16)12-14-8-4-7-13-6-2-3-9-15(13)14;1-6-2-4-7(5-3-6)11(8,9)10/h2-10H,11-12H2,1H3;2-5H,1H3,(H,8,9,10)/b10-5+;. The van der Waals surface area contributed by atoms with Crippen LogP contribution in [0.4, 0.5) is 0 Å². The summed E-state index contributed by atoms with van der Waals surface area (Å²) < 4.78 is 29.6. The summed E-state index contributed by atoms with van der Waals surface area (Å²) in [5, 5.41) is 2.63. The van der Waals surface area contributed by atoms with E-state index < -0.39 is 10.1 Å². The van der Waals surface area contributed by atoms with Crippen molar-refractivity contribution in [2.24, 2.45) is 0 Å². The second-order valence-corrected chi connectivity index (χ2v) is 8.16. The lowest BCUT2D eigenvalue weighted by molar-refractivity contribution is 0.365. The number of likely N-dealkylation sites (N-methyl/N-ethyl adjacent to an activating group) is 1. The minimum Gasteiger partial charge on any atom is -0.298 e. The SMILES string of the molecule is CN(C/C=C/Cl)Cc1cccc2ccccc12.Cc1ccc(S(=O)(=O)O)cc1. The zero-order valence-corrected chi connectivity index (χ0v) is 17.5. The number of rotatable bonds is 5. The second kappa shape index (κ2) is 10.4. The minimum atomic E-state index is -4.02. The smallest absolute Gasteiger partial charge is 0.294 e. The maximum atomic E-state index is 10.5. The fourth-order valence-electron chi connectivity index (χ4n) is 2.72. The van der Waals surface area contributed by atoms with Crippen LogP contribution in [0.25, 0.3) is 10.8 Å². The van der Waals surface area contributed by atoms with Crippen LogP contribution < -0.4 is 0 Å². The molecule has 3 aromatic carbocycles. The van der Waals surface area contributed by atoms with Crippen molar-refractivity contribution in [2.75, 3.05) is 13.6 Å². The van der Waals surface area contributed by atoms with E-state index in [9.17, 15) is 8.42 Å². The van der Waals surface area contributed by atoms with Crippen LogP contribution in [0.5, 0.6) is 0 Å². The molecule has 0 aliphatic rings. The van der Waals surface area contributed by atoms with Gasteiger partial charge in [0, 0.05) is 18.6 Å². The van der Waals surface area contributed by atoms with Gasteiger partial charge in [-0.25, -0.2) is 0 Å². The third-order valence-electron chi connectivity index (χ3n) is 4.15. The van der Waals surface area contributed by atoms with Gasteiger partial charge in [0.05, 0.1) is 4.90 Å². The van der Waals surface area contributed by atoms with Gasteiger partial charge in [-0.15, -0.1) is 0 Å². The van der Waals surface area contributed by atoms with Gasteiger partial charge in [-0.05, 0) is 42.4 Å². The second-order valence-electron chi connectivity index (χ2n) is 6.48. The quantitative estimate of drug-likeness (QED) is 0.575.